The number of nitrogens with zero attached hydrogens (tertiary/aromatic N) is 3. The third-order valence-electron chi connectivity index (χ3n) is 6.51. The Morgan fingerprint density at radius 2 is 2.07 bits per heavy atom. The van der Waals surface area contributed by atoms with Crippen LogP contribution in [0.5, 0.6) is 0 Å². The molecule has 5 rings (SSSR count). The van der Waals surface area contributed by atoms with Gasteiger partial charge >= 0.3 is 11.7 Å². The second-order valence-electron chi connectivity index (χ2n) is 8.65. The van der Waals surface area contributed by atoms with Crippen molar-refractivity contribution in [2.75, 3.05) is 19.7 Å². The van der Waals surface area contributed by atoms with Crippen LogP contribution in [0.15, 0.2) is 9.59 Å². The summed E-state index contributed by atoms with van der Waals surface area (Å²) >= 11 is 1.46. The normalized spacial score (nSPS) is 23.2. The van der Waals surface area contributed by atoms with E-state index in [-0.39, 0.29) is 28.9 Å². The first-order valence-electron chi connectivity index (χ1n) is 10.3. The van der Waals surface area contributed by atoms with Gasteiger partial charge in [0, 0.05) is 24.6 Å². The SMILES string of the molecule is Cc1c(CN2CCNC2=O)sc2c1c(=O)n(C1(C)CC1)c(=O)n2C[C@@H]1CCCO1. The molecule has 4 heterocycles. The molecule has 9 heteroatoms. The Labute approximate surface area is 172 Å². The third-order valence-corrected chi connectivity index (χ3v) is 7.81. The van der Waals surface area contributed by atoms with E-state index in [0.29, 0.717) is 36.4 Å². The van der Waals surface area contributed by atoms with Gasteiger partial charge in [0.2, 0.25) is 0 Å². The molecule has 1 aliphatic carbocycles. The average molecular weight is 419 g/mol. The fourth-order valence-corrected chi connectivity index (χ4v) is 5.73. The van der Waals surface area contributed by atoms with E-state index in [2.05, 4.69) is 5.32 Å². The predicted octanol–water partition coefficient (Wildman–Crippen LogP) is 1.75. The number of carbonyl (C=O) groups is 1. The fraction of sp³-hybridized carbons (Fsp3) is 0.650. The Hall–Kier alpha value is -2.13. The second-order valence-corrected chi connectivity index (χ2v) is 9.73. The molecule has 2 aliphatic heterocycles. The zero-order chi connectivity index (χ0) is 20.3. The molecule has 2 aromatic heterocycles. The minimum absolute atomic E-state index is 0.00378. The molecule has 3 aliphatic rings. The van der Waals surface area contributed by atoms with Crippen LogP contribution >= 0.6 is 11.3 Å². The summed E-state index contributed by atoms with van der Waals surface area (Å²) in [6.45, 7) is 6.85. The lowest BCUT2D eigenvalue weighted by atomic mass is 10.2. The monoisotopic (exact) mass is 418 g/mol. The quantitative estimate of drug-likeness (QED) is 0.802. The largest absolute Gasteiger partial charge is 0.376 e. The third kappa shape index (κ3) is 3.02. The molecule has 0 radical (unpaired) electrons. The highest BCUT2D eigenvalue weighted by molar-refractivity contribution is 7.18. The Bertz CT molecular complexity index is 1100. The van der Waals surface area contributed by atoms with Crippen molar-refractivity contribution in [2.45, 2.75) is 64.3 Å². The highest BCUT2D eigenvalue weighted by Gasteiger charge is 2.43. The van der Waals surface area contributed by atoms with Crippen LogP contribution in [0, 0.1) is 6.92 Å². The lowest BCUT2D eigenvalue weighted by Crippen LogP contribution is -2.45. The zero-order valence-electron chi connectivity index (χ0n) is 16.8. The molecule has 2 aromatic rings. The zero-order valence-corrected chi connectivity index (χ0v) is 17.6. The van der Waals surface area contributed by atoms with Gasteiger partial charge in [-0.25, -0.2) is 9.59 Å². The number of hydrogen-bond donors (Lipinski definition) is 1. The Kier molecular flexibility index (Phi) is 4.36. The standard InChI is InChI=1S/C20H26N4O4S/c1-12-14(11-22-8-7-21-18(22)26)29-17-15(12)16(25)24(20(2)5-6-20)19(27)23(17)10-13-4-3-9-28-13/h13H,3-11H2,1-2H3,(H,21,26)/t13-/m0/s1. The topological polar surface area (TPSA) is 85.6 Å². The van der Waals surface area contributed by atoms with Gasteiger partial charge in [0.15, 0.2) is 0 Å². The molecule has 0 unspecified atom stereocenters. The van der Waals surface area contributed by atoms with Crippen molar-refractivity contribution in [3.05, 3.63) is 31.3 Å². The maximum atomic E-state index is 13.4. The number of carbonyl (C=O) groups excluding carboxylic acids is 1. The van der Waals surface area contributed by atoms with E-state index in [4.69, 9.17) is 4.74 Å². The molecule has 0 bridgehead atoms. The van der Waals surface area contributed by atoms with Crippen molar-refractivity contribution < 1.29 is 9.53 Å². The van der Waals surface area contributed by atoms with Gasteiger partial charge in [-0.05, 0) is 45.1 Å². The number of rotatable bonds is 5. The Balaban J connectivity index is 1.68. The lowest BCUT2D eigenvalue weighted by Gasteiger charge is -2.18. The van der Waals surface area contributed by atoms with Crippen LogP contribution in [0.1, 0.15) is 43.0 Å². The van der Waals surface area contributed by atoms with Crippen LogP contribution in [-0.4, -0.2) is 45.9 Å². The van der Waals surface area contributed by atoms with E-state index < -0.39 is 0 Å². The van der Waals surface area contributed by atoms with E-state index >= 15 is 0 Å². The molecule has 2 saturated heterocycles. The van der Waals surface area contributed by atoms with Gasteiger partial charge in [-0.3, -0.25) is 13.9 Å². The summed E-state index contributed by atoms with van der Waals surface area (Å²) in [7, 11) is 0. The summed E-state index contributed by atoms with van der Waals surface area (Å²) in [5.41, 5.74) is 0.0716. The summed E-state index contributed by atoms with van der Waals surface area (Å²) < 4.78 is 9.01. The number of amides is 2. The van der Waals surface area contributed by atoms with Crippen LogP contribution in [0.3, 0.4) is 0 Å². The molecule has 3 fully saturated rings. The molecule has 29 heavy (non-hydrogen) atoms. The van der Waals surface area contributed by atoms with Crippen molar-refractivity contribution in [1.29, 1.82) is 0 Å². The van der Waals surface area contributed by atoms with E-state index in [9.17, 15) is 14.4 Å². The van der Waals surface area contributed by atoms with Gasteiger partial charge < -0.3 is 15.0 Å². The summed E-state index contributed by atoms with van der Waals surface area (Å²) in [6, 6.07) is -0.0819. The molecule has 1 N–H and O–H groups in total. The Morgan fingerprint density at radius 3 is 2.69 bits per heavy atom. The number of aryl methyl sites for hydroxylation is 1. The average Bonchev–Trinajstić information content (AvgIpc) is 3.06. The second kappa shape index (κ2) is 6.70. The van der Waals surface area contributed by atoms with Crippen molar-refractivity contribution >= 4 is 27.6 Å². The molecule has 8 nitrogen and oxygen atoms in total. The van der Waals surface area contributed by atoms with Gasteiger partial charge in [-0.2, -0.15) is 0 Å². The number of ether oxygens (including phenoxy) is 1. The van der Waals surface area contributed by atoms with Crippen molar-refractivity contribution in [3.8, 4) is 0 Å². The lowest BCUT2D eigenvalue weighted by molar-refractivity contribution is 0.0964. The maximum absolute atomic E-state index is 13.4. The fourth-order valence-electron chi connectivity index (χ4n) is 4.41. The first kappa shape index (κ1) is 18.9. The van der Waals surface area contributed by atoms with Gasteiger partial charge in [-0.1, -0.05) is 0 Å². The van der Waals surface area contributed by atoms with E-state index in [0.717, 1.165) is 42.7 Å². The van der Waals surface area contributed by atoms with E-state index in [1.165, 1.54) is 15.9 Å². The molecule has 0 spiro atoms. The minimum Gasteiger partial charge on any atom is -0.376 e. The highest BCUT2D eigenvalue weighted by Crippen LogP contribution is 2.41. The van der Waals surface area contributed by atoms with Gasteiger partial charge in [0.1, 0.15) is 4.83 Å². The van der Waals surface area contributed by atoms with Crippen molar-refractivity contribution in [3.63, 3.8) is 0 Å². The summed E-state index contributed by atoms with van der Waals surface area (Å²) in [5, 5.41) is 3.44. The Morgan fingerprint density at radius 1 is 1.28 bits per heavy atom. The number of thiophene rings is 1. The number of hydrogen-bond acceptors (Lipinski definition) is 5. The number of aromatic nitrogens is 2. The number of nitrogens with one attached hydrogen (secondary N) is 1. The summed E-state index contributed by atoms with van der Waals surface area (Å²) in [6.07, 6.45) is 3.62. The van der Waals surface area contributed by atoms with Gasteiger partial charge in [0.05, 0.1) is 30.1 Å². The molecular weight excluding hydrogens is 392 g/mol. The number of fused-ring (bicyclic) bond motifs is 1. The molecular formula is C20H26N4O4S. The van der Waals surface area contributed by atoms with Crippen LogP contribution in [0.2, 0.25) is 0 Å². The van der Waals surface area contributed by atoms with Gasteiger partial charge in [-0.15, -0.1) is 11.3 Å². The number of urea groups is 1. The first-order valence-corrected chi connectivity index (χ1v) is 11.1. The van der Waals surface area contributed by atoms with Crippen LogP contribution in [0.4, 0.5) is 4.79 Å². The van der Waals surface area contributed by atoms with E-state index in [1.807, 2.05) is 13.8 Å². The van der Waals surface area contributed by atoms with Crippen LogP contribution in [0.25, 0.3) is 10.2 Å². The van der Waals surface area contributed by atoms with Crippen molar-refractivity contribution in [1.82, 2.24) is 19.4 Å². The molecule has 156 valence electrons. The molecule has 1 atom stereocenters. The van der Waals surface area contributed by atoms with Crippen molar-refractivity contribution in [2.24, 2.45) is 0 Å². The molecule has 2 amide bonds. The highest BCUT2D eigenvalue weighted by atomic mass is 32.1. The smallest absolute Gasteiger partial charge is 0.332 e. The molecule has 1 saturated carbocycles. The minimum atomic E-state index is -0.385. The maximum Gasteiger partial charge on any atom is 0.332 e. The predicted molar refractivity (Wildman–Crippen MR) is 111 cm³/mol. The van der Waals surface area contributed by atoms with E-state index in [1.54, 1.807) is 9.47 Å². The van der Waals surface area contributed by atoms with Crippen LogP contribution in [-0.2, 0) is 23.4 Å². The van der Waals surface area contributed by atoms with Crippen LogP contribution < -0.4 is 16.6 Å². The first-order chi connectivity index (χ1) is 13.9. The molecule has 0 aromatic carbocycles. The van der Waals surface area contributed by atoms with Gasteiger partial charge in [0.25, 0.3) is 5.56 Å². The summed E-state index contributed by atoms with van der Waals surface area (Å²) in [5.74, 6) is 0. The summed E-state index contributed by atoms with van der Waals surface area (Å²) in [4.78, 5) is 42.2.